The van der Waals surface area contributed by atoms with E-state index >= 15 is 0 Å². The fourth-order valence-corrected chi connectivity index (χ4v) is 1.72. The van der Waals surface area contributed by atoms with Gasteiger partial charge in [-0.2, -0.15) is 5.10 Å². The van der Waals surface area contributed by atoms with Crippen molar-refractivity contribution in [3.8, 4) is 0 Å². The second-order valence-corrected chi connectivity index (χ2v) is 4.02. The molecule has 1 aromatic rings. The van der Waals surface area contributed by atoms with E-state index in [1.165, 1.54) is 6.92 Å². The minimum absolute atomic E-state index is 0.0378. The fourth-order valence-electron chi connectivity index (χ4n) is 1.72. The number of ketones is 1. The Bertz CT molecular complexity index is 435. The number of rotatable bonds is 4. The molecule has 1 atom stereocenters. The average molecular weight is 224 g/mol. The van der Waals surface area contributed by atoms with Crippen LogP contribution in [-0.2, 0) is 11.3 Å². The Hall–Kier alpha value is -1.65. The van der Waals surface area contributed by atoms with E-state index in [2.05, 4.69) is 5.10 Å². The summed E-state index contributed by atoms with van der Waals surface area (Å²) in [7, 11) is 0. The van der Waals surface area contributed by atoms with Crippen LogP contribution in [0.25, 0.3) is 0 Å². The Balaban J connectivity index is 3.04. The molecule has 88 valence electrons. The molecule has 0 radical (unpaired) electrons. The minimum atomic E-state index is -0.864. The molecular weight excluding hydrogens is 208 g/mol. The van der Waals surface area contributed by atoms with Gasteiger partial charge in [0.05, 0.1) is 23.7 Å². The van der Waals surface area contributed by atoms with E-state index in [1.54, 1.807) is 25.5 Å². The second-order valence-electron chi connectivity index (χ2n) is 4.02. The molecule has 1 heterocycles. The summed E-state index contributed by atoms with van der Waals surface area (Å²) in [5.74, 6) is -1.42. The van der Waals surface area contributed by atoms with Gasteiger partial charge in [-0.05, 0) is 20.8 Å². The van der Waals surface area contributed by atoms with Crippen LogP contribution in [0.15, 0.2) is 0 Å². The van der Waals surface area contributed by atoms with Crippen molar-refractivity contribution in [2.24, 2.45) is 5.92 Å². The molecule has 5 nitrogen and oxygen atoms in total. The van der Waals surface area contributed by atoms with Crippen LogP contribution in [0.5, 0.6) is 0 Å². The standard InChI is InChI=1S/C11H16N2O3/c1-6(11(15)16)5-13-8(3)10(9(4)14)7(2)12-13/h6H,5H2,1-4H3,(H,15,16)/t6-/m0/s1. The molecule has 1 N–H and O–H groups in total. The Morgan fingerprint density at radius 1 is 1.44 bits per heavy atom. The largest absolute Gasteiger partial charge is 0.481 e. The average Bonchev–Trinajstić information content (AvgIpc) is 2.41. The van der Waals surface area contributed by atoms with Crippen molar-refractivity contribution in [3.05, 3.63) is 17.0 Å². The molecule has 0 aliphatic rings. The molecule has 0 aromatic carbocycles. The van der Waals surface area contributed by atoms with E-state index in [0.717, 1.165) is 5.69 Å². The molecule has 0 fully saturated rings. The van der Waals surface area contributed by atoms with E-state index in [9.17, 15) is 9.59 Å². The summed E-state index contributed by atoms with van der Waals surface area (Å²) >= 11 is 0. The number of carboxylic acids is 1. The molecule has 0 unspecified atom stereocenters. The zero-order valence-electron chi connectivity index (χ0n) is 9.94. The zero-order chi connectivity index (χ0) is 12.5. The molecule has 0 spiro atoms. The number of aromatic nitrogens is 2. The first kappa shape index (κ1) is 12.4. The van der Waals surface area contributed by atoms with Crippen molar-refractivity contribution in [1.82, 2.24) is 9.78 Å². The highest BCUT2D eigenvalue weighted by atomic mass is 16.4. The molecule has 0 aliphatic heterocycles. The van der Waals surface area contributed by atoms with E-state index < -0.39 is 11.9 Å². The maximum Gasteiger partial charge on any atom is 0.308 e. The first-order valence-electron chi connectivity index (χ1n) is 5.12. The number of hydrogen-bond acceptors (Lipinski definition) is 3. The SMILES string of the molecule is CC(=O)c1c(C)nn(C[C@H](C)C(=O)O)c1C. The van der Waals surface area contributed by atoms with Crippen LogP contribution in [0.3, 0.4) is 0 Å². The maximum absolute atomic E-state index is 11.4. The van der Waals surface area contributed by atoms with Crippen LogP contribution < -0.4 is 0 Å². The van der Waals surface area contributed by atoms with Gasteiger partial charge in [0.1, 0.15) is 0 Å². The van der Waals surface area contributed by atoms with Crippen molar-refractivity contribution < 1.29 is 14.7 Å². The third kappa shape index (κ3) is 2.29. The lowest BCUT2D eigenvalue weighted by Crippen LogP contribution is -2.18. The number of carboxylic acid groups (broad SMARTS) is 1. The number of nitrogens with zero attached hydrogens (tertiary/aromatic N) is 2. The number of aryl methyl sites for hydroxylation is 1. The monoisotopic (exact) mass is 224 g/mol. The Morgan fingerprint density at radius 2 is 2.00 bits per heavy atom. The smallest absolute Gasteiger partial charge is 0.308 e. The van der Waals surface area contributed by atoms with Crippen molar-refractivity contribution >= 4 is 11.8 Å². The third-order valence-corrected chi connectivity index (χ3v) is 2.60. The minimum Gasteiger partial charge on any atom is -0.481 e. The summed E-state index contributed by atoms with van der Waals surface area (Å²) in [6.07, 6.45) is 0. The van der Waals surface area contributed by atoms with Crippen molar-refractivity contribution in [3.63, 3.8) is 0 Å². The summed E-state index contributed by atoms with van der Waals surface area (Å²) < 4.78 is 1.59. The Labute approximate surface area is 94.1 Å². The van der Waals surface area contributed by atoms with Gasteiger partial charge in [-0.1, -0.05) is 6.92 Å². The maximum atomic E-state index is 11.4. The summed E-state index contributed by atoms with van der Waals surface area (Å²) in [4.78, 5) is 22.1. The van der Waals surface area contributed by atoms with E-state index in [0.29, 0.717) is 11.3 Å². The molecule has 16 heavy (non-hydrogen) atoms. The van der Waals surface area contributed by atoms with Gasteiger partial charge in [-0.25, -0.2) is 0 Å². The molecule has 1 rings (SSSR count). The van der Waals surface area contributed by atoms with E-state index in [-0.39, 0.29) is 12.3 Å². The number of carbonyl (C=O) groups is 2. The van der Waals surface area contributed by atoms with Crippen LogP contribution in [0.4, 0.5) is 0 Å². The van der Waals surface area contributed by atoms with Gasteiger partial charge >= 0.3 is 5.97 Å². The first-order chi connectivity index (χ1) is 7.34. The molecule has 0 saturated carbocycles. The van der Waals surface area contributed by atoms with Gasteiger partial charge < -0.3 is 5.11 Å². The topological polar surface area (TPSA) is 72.2 Å². The van der Waals surface area contributed by atoms with Crippen LogP contribution in [-0.4, -0.2) is 26.6 Å². The number of carbonyl (C=O) groups excluding carboxylic acids is 1. The zero-order valence-corrected chi connectivity index (χ0v) is 9.94. The molecular formula is C11H16N2O3. The van der Waals surface area contributed by atoms with Crippen LogP contribution >= 0.6 is 0 Å². The number of hydrogen-bond donors (Lipinski definition) is 1. The van der Waals surface area contributed by atoms with Gasteiger partial charge in [0.2, 0.25) is 0 Å². The molecule has 5 heteroatoms. The quantitative estimate of drug-likeness (QED) is 0.785. The lowest BCUT2D eigenvalue weighted by atomic mass is 10.1. The number of aliphatic carboxylic acids is 1. The summed E-state index contributed by atoms with van der Waals surface area (Å²) in [5.41, 5.74) is 1.98. The Kier molecular flexibility index (Phi) is 3.47. The van der Waals surface area contributed by atoms with Gasteiger partial charge in [-0.15, -0.1) is 0 Å². The van der Waals surface area contributed by atoms with Crippen LogP contribution in [0.2, 0.25) is 0 Å². The lowest BCUT2D eigenvalue weighted by molar-refractivity contribution is -0.141. The third-order valence-electron chi connectivity index (χ3n) is 2.60. The normalized spacial score (nSPS) is 12.5. The summed E-state index contributed by atoms with van der Waals surface area (Å²) in [6, 6.07) is 0. The first-order valence-corrected chi connectivity index (χ1v) is 5.12. The van der Waals surface area contributed by atoms with E-state index in [4.69, 9.17) is 5.11 Å². The van der Waals surface area contributed by atoms with Crippen molar-refractivity contribution in [1.29, 1.82) is 0 Å². The predicted molar refractivity (Wildman–Crippen MR) is 58.5 cm³/mol. The van der Waals surface area contributed by atoms with Gasteiger partial charge in [-0.3, -0.25) is 14.3 Å². The summed E-state index contributed by atoms with van der Waals surface area (Å²) in [5, 5.41) is 13.0. The highest BCUT2D eigenvalue weighted by Crippen LogP contribution is 2.15. The molecule has 0 bridgehead atoms. The van der Waals surface area contributed by atoms with E-state index in [1.807, 2.05) is 0 Å². The van der Waals surface area contributed by atoms with Gasteiger partial charge in [0, 0.05) is 5.69 Å². The fraction of sp³-hybridized carbons (Fsp3) is 0.545. The van der Waals surface area contributed by atoms with Crippen LogP contribution in [0.1, 0.15) is 35.6 Å². The van der Waals surface area contributed by atoms with Crippen molar-refractivity contribution in [2.45, 2.75) is 34.2 Å². The molecule has 0 saturated heterocycles. The van der Waals surface area contributed by atoms with Crippen molar-refractivity contribution in [2.75, 3.05) is 0 Å². The number of Topliss-reactive ketones (excluding diaryl/α,β-unsaturated/α-hetero) is 1. The van der Waals surface area contributed by atoms with Crippen LogP contribution in [0, 0.1) is 19.8 Å². The Morgan fingerprint density at radius 3 is 2.38 bits per heavy atom. The molecule has 0 aliphatic carbocycles. The molecule has 1 aromatic heterocycles. The highest BCUT2D eigenvalue weighted by molar-refractivity contribution is 5.96. The van der Waals surface area contributed by atoms with Gasteiger partial charge in [0.15, 0.2) is 5.78 Å². The highest BCUT2D eigenvalue weighted by Gasteiger charge is 2.18. The molecule has 0 amide bonds. The second kappa shape index (κ2) is 4.47. The van der Waals surface area contributed by atoms with Gasteiger partial charge in [0.25, 0.3) is 0 Å². The summed E-state index contributed by atoms with van der Waals surface area (Å²) in [6.45, 7) is 6.93. The lowest BCUT2D eigenvalue weighted by Gasteiger charge is -2.08. The predicted octanol–water partition coefficient (Wildman–Crippen LogP) is 1.42.